The minimum atomic E-state index is 0.778. The third-order valence-corrected chi connectivity index (χ3v) is 6.43. The molecule has 0 aromatic heterocycles. The highest BCUT2D eigenvalue weighted by Gasteiger charge is 2.10. The van der Waals surface area contributed by atoms with Crippen molar-refractivity contribution in [3.63, 3.8) is 0 Å². The maximum Gasteiger partial charge on any atom is -0.0219 e. The Kier molecular flexibility index (Phi) is 6.40. The highest BCUT2D eigenvalue weighted by molar-refractivity contribution is 7.49. The fraction of sp³-hybridized carbons (Fsp3) is 0.368. The van der Waals surface area contributed by atoms with E-state index in [4.69, 9.17) is 0 Å². The first-order valence-electron chi connectivity index (χ1n) is 7.69. The van der Waals surface area contributed by atoms with E-state index in [2.05, 4.69) is 76.2 Å². The Bertz CT molecular complexity index is 491. The lowest BCUT2D eigenvalue weighted by Crippen LogP contribution is -2.10. The molecule has 2 aromatic carbocycles. The highest BCUT2D eigenvalue weighted by Crippen LogP contribution is 2.29. The fourth-order valence-corrected chi connectivity index (χ4v) is 5.55. The summed E-state index contributed by atoms with van der Waals surface area (Å²) >= 11 is 0. The topological polar surface area (TPSA) is 0 Å². The quantitative estimate of drug-likeness (QED) is 0.673. The normalized spacial score (nSPS) is 15.0. The summed E-state index contributed by atoms with van der Waals surface area (Å²) in [5.74, 6) is 0. The second-order valence-corrected chi connectivity index (χ2v) is 9.76. The predicted molar refractivity (Wildman–Crippen MR) is 102 cm³/mol. The van der Waals surface area contributed by atoms with Crippen LogP contribution in [0.2, 0.25) is 0 Å². The summed E-state index contributed by atoms with van der Waals surface area (Å²) in [5.41, 5.74) is 4.26. The van der Waals surface area contributed by atoms with Crippen molar-refractivity contribution in [2.24, 2.45) is 0 Å². The lowest BCUT2D eigenvalue weighted by molar-refractivity contribution is 0.799. The van der Waals surface area contributed by atoms with Crippen molar-refractivity contribution >= 4 is 27.8 Å². The Labute approximate surface area is 133 Å². The van der Waals surface area contributed by atoms with Gasteiger partial charge in [-0.15, -0.1) is 0 Å². The lowest BCUT2D eigenvalue weighted by Gasteiger charge is -2.18. The van der Waals surface area contributed by atoms with E-state index >= 15 is 0 Å². The summed E-state index contributed by atoms with van der Waals surface area (Å²) < 4.78 is 0. The number of aryl methyl sites for hydroxylation is 2. The second-order valence-electron chi connectivity index (χ2n) is 6.06. The van der Waals surface area contributed by atoms with Crippen LogP contribution >= 0.6 is 17.2 Å². The Hall–Kier alpha value is -0.700. The average molecular weight is 316 g/mol. The first-order chi connectivity index (χ1) is 10.0. The number of rotatable bonds is 6. The van der Waals surface area contributed by atoms with Crippen molar-refractivity contribution in [1.82, 2.24) is 0 Å². The minimum Gasteiger partial charge on any atom is -0.0875 e. The molecule has 0 saturated heterocycles. The molecule has 0 nitrogen and oxygen atoms in total. The lowest BCUT2D eigenvalue weighted by atomic mass is 10.2. The largest absolute Gasteiger partial charge is 0.0875 e. The zero-order chi connectivity index (χ0) is 15.2. The molecule has 2 rings (SSSR count). The van der Waals surface area contributed by atoms with Crippen LogP contribution in [0, 0.1) is 13.8 Å². The van der Waals surface area contributed by atoms with Crippen molar-refractivity contribution in [3.05, 3.63) is 59.7 Å². The summed E-state index contributed by atoms with van der Waals surface area (Å²) in [6, 6.07) is 18.1. The van der Waals surface area contributed by atoms with E-state index in [0.717, 1.165) is 28.5 Å². The van der Waals surface area contributed by atoms with Gasteiger partial charge in [0.25, 0.3) is 0 Å². The third-order valence-electron chi connectivity index (χ3n) is 3.64. The van der Waals surface area contributed by atoms with Crippen LogP contribution in [0.4, 0.5) is 0 Å². The molecule has 0 radical (unpaired) electrons. The number of hydrogen-bond acceptors (Lipinski definition) is 0. The molecule has 0 heterocycles. The van der Waals surface area contributed by atoms with Crippen LogP contribution in [0.25, 0.3) is 0 Å². The molecule has 4 unspecified atom stereocenters. The van der Waals surface area contributed by atoms with E-state index < -0.39 is 0 Å². The van der Waals surface area contributed by atoms with E-state index in [9.17, 15) is 0 Å². The molecule has 0 aliphatic rings. The zero-order valence-corrected chi connectivity index (χ0v) is 15.5. The van der Waals surface area contributed by atoms with Crippen LogP contribution in [0.1, 0.15) is 31.4 Å². The number of benzene rings is 2. The Morgan fingerprint density at radius 3 is 1.33 bits per heavy atom. The molecule has 0 saturated carbocycles. The van der Waals surface area contributed by atoms with Crippen molar-refractivity contribution in [2.75, 3.05) is 0 Å². The highest BCUT2D eigenvalue weighted by atomic mass is 31.1. The van der Waals surface area contributed by atoms with E-state index in [1.165, 1.54) is 28.2 Å². The van der Waals surface area contributed by atoms with Crippen molar-refractivity contribution in [3.8, 4) is 0 Å². The summed E-state index contributed by atoms with van der Waals surface area (Å²) in [7, 11) is 1.86. The zero-order valence-electron chi connectivity index (χ0n) is 13.5. The van der Waals surface area contributed by atoms with Crippen LogP contribution in [0.3, 0.4) is 0 Å². The standard InChI is InChI=1S/C19H26P2/c1-14-5-9-18(10-6-14)20-16(3)13-17(4)21-19-11-7-15(2)8-12-19/h5-12,16-17,20-21H,13H2,1-4H3. The van der Waals surface area contributed by atoms with Gasteiger partial charge in [-0.2, -0.15) is 0 Å². The van der Waals surface area contributed by atoms with Crippen molar-refractivity contribution < 1.29 is 0 Å². The van der Waals surface area contributed by atoms with Crippen molar-refractivity contribution in [1.29, 1.82) is 0 Å². The molecule has 2 heteroatoms. The Balaban J connectivity index is 1.82. The second kappa shape index (κ2) is 8.07. The summed E-state index contributed by atoms with van der Waals surface area (Å²) in [6.07, 6.45) is 1.32. The van der Waals surface area contributed by atoms with Gasteiger partial charge in [0.2, 0.25) is 0 Å². The maximum atomic E-state index is 2.40. The van der Waals surface area contributed by atoms with E-state index in [-0.39, 0.29) is 0 Å². The molecular weight excluding hydrogens is 290 g/mol. The summed E-state index contributed by atoms with van der Waals surface area (Å²) in [6.45, 7) is 9.10. The molecule has 112 valence electrons. The molecule has 0 aliphatic carbocycles. The molecule has 21 heavy (non-hydrogen) atoms. The average Bonchev–Trinajstić information content (AvgIpc) is 2.44. The van der Waals surface area contributed by atoms with Gasteiger partial charge in [-0.3, -0.25) is 0 Å². The predicted octanol–water partition coefficient (Wildman–Crippen LogP) is 4.78. The molecular formula is C19H26P2. The Morgan fingerprint density at radius 1 is 0.667 bits per heavy atom. The van der Waals surface area contributed by atoms with Gasteiger partial charge in [0, 0.05) is 0 Å². The molecule has 0 amide bonds. The van der Waals surface area contributed by atoms with Gasteiger partial charge in [0.1, 0.15) is 0 Å². The minimum absolute atomic E-state index is 0.778. The van der Waals surface area contributed by atoms with Crippen LogP contribution in [0.15, 0.2) is 48.5 Å². The fourth-order valence-electron chi connectivity index (χ4n) is 2.52. The molecule has 0 spiro atoms. The monoisotopic (exact) mass is 316 g/mol. The molecule has 0 fully saturated rings. The van der Waals surface area contributed by atoms with E-state index in [0.29, 0.717) is 0 Å². The molecule has 0 bridgehead atoms. The van der Waals surface area contributed by atoms with Crippen LogP contribution < -0.4 is 10.6 Å². The van der Waals surface area contributed by atoms with Gasteiger partial charge in [-0.1, -0.05) is 90.7 Å². The Morgan fingerprint density at radius 2 is 1.00 bits per heavy atom. The van der Waals surface area contributed by atoms with Gasteiger partial charge in [0.15, 0.2) is 0 Å². The van der Waals surface area contributed by atoms with Crippen molar-refractivity contribution in [2.45, 2.75) is 45.4 Å². The van der Waals surface area contributed by atoms with Crippen LogP contribution in [-0.2, 0) is 0 Å². The SMILES string of the molecule is Cc1ccc(PC(C)CC(C)Pc2ccc(C)cc2)cc1. The van der Waals surface area contributed by atoms with E-state index in [1.54, 1.807) is 0 Å². The van der Waals surface area contributed by atoms with Crippen LogP contribution in [-0.4, -0.2) is 11.3 Å². The van der Waals surface area contributed by atoms with Gasteiger partial charge in [0.05, 0.1) is 0 Å². The van der Waals surface area contributed by atoms with Gasteiger partial charge in [-0.05, 0) is 42.2 Å². The van der Waals surface area contributed by atoms with Gasteiger partial charge < -0.3 is 0 Å². The summed E-state index contributed by atoms with van der Waals surface area (Å²) in [4.78, 5) is 0. The molecule has 0 aliphatic heterocycles. The van der Waals surface area contributed by atoms with Gasteiger partial charge in [-0.25, -0.2) is 0 Å². The maximum absolute atomic E-state index is 2.40. The number of hydrogen-bond donors (Lipinski definition) is 0. The first kappa shape index (κ1) is 16.7. The molecule has 2 aromatic rings. The van der Waals surface area contributed by atoms with Crippen LogP contribution in [0.5, 0.6) is 0 Å². The van der Waals surface area contributed by atoms with E-state index in [1.807, 2.05) is 0 Å². The third kappa shape index (κ3) is 5.90. The first-order valence-corrected chi connectivity index (χ1v) is 9.85. The smallest absolute Gasteiger partial charge is 0.0219 e. The van der Waals surface area contributed by atoms with Gasteiger partial charge >= 0.3 is 0 Å². The summed E-state index contributed by atoms with van der Waals surface area (Å²) in [5, 5.41) is 3.00. The molecule has 4 atom stereocenters. The molecule has 0 N–H and O–H groups in total.